The first-order valence-corrected chi connectivity index (χ1v) is 18.0. The third kappa shape index (κ3) is 5.37. The summed E-state index contributed by atoms with van der Waals surface area (Å²) >= 11 is 12.7. The van der Waals surface area contributed by atoms with Crippen molar-refractivity contribution < 1.29 is 33.8 Å². The summed E-state index contributed by atoms with van der Waals surface area (Å²) in [5.74, 6) is -4.58. The van der Waals surface area contributed by atoms with Crippen LogP contribution in [-0.4, -0.2) is 52.9 Å². The molecule has 53 heavy (non-hydrogen) atoms. The minimum absolute atomic E-state index is 0.0479. The standard InChI is InChI=1S/C41H35Cl2N3O7/c1-52-26-12-8-23(9-13-26)41-31(38(49)46(40(41)51)44-33-17-10-24(42)18-32(33)43)20-30-27(36(41)28-14-11-25(47)19-34(28)53-2)15-16-29-35(30)39(50)45(37(29)48)21-22-6-4-3-5-7-22/h3-15,17-19,29-31,35-36,44,47H,16,20-21H2,1-2H3. The number of rotatable bonds is 8. The van der Waals surface area contributed by atoms with Gasteiger partial charge in [-0.15, -0.1) is 0 Å². The van der Waals surface area contributed by atoms with E-state index in [2.05, 4.69) is 5.43 Å². The Kier molecular flexibility index (Phi) is 8.70. The molecule has 0 radical (unpaired) electrons. The van der Waals surface area contributed by atoms with E-state index >= 15 is 4.79 Å². The largest absolute Gasteiger partial charge is 0.508 e. The van der Waals surface area contributed by atoms with Gasteiger partial charge in [0.1, 0.15) is 17.2 Å². The van der Waals surface area contributed by atoms with Gasteiger partial charge in [0.15, 0.2) is 0 Å². The number of anilines is 1. The van der Waals surface area contributed by atoms with Crippen molar-refractivity contribution in [1.82, 2.24) is 9.91 Å². The van der Waals surface area contributed by atoms with Gasteiger partial charge in [0.05, 0.1) is 54.6 Å². The lowest BCUT2D eigenvalue weighted by Crippen LogP contribution is -2.53. The number of hydrazine groups is 1. The molecular formula is C41H35Cl2N3O7. The number of likely N-dealkylation sites (tertiary alicyclic amines) is 1. The maximum Gasteiger partial charge on any atom is 0.260 e. The summed E-state index contributed by atoms with van der Waals surface area (Å²) in [5.41, 5.74) is 4.41. The molecule has 2 saturated heterocycles. The van der Waals surface area contributed by atoms with Crippen molar-refractivity contribution in [3.8, 4) is 17.2 Å². The van der Waals surface area contributed by atoms with Crippen molar-refractivity contribution in [3.63, 3.8) is 0 Å². The van der Waals surface area contributed by atoms with Gasteiger partial charge in [-0.3, -0.25) is 29.5 Å². The van der Waals surface area contributed by atoms with E-state index in [1.54, 1.807) is 49.6 Å². The quantitative estimate of drug-likeness (QED) is 0.147. The number of carbonyl (C=O) groups is 4. The molecule has 2 aliphatic heterocycles. The summed E-state index contributed by atoms with van der Waals surface area (Å²) in [7, 11) is 3.02. The molecular weight excluding hydrogens is 717 g/mol. The highest BCUT2D eigenvalue weighted by atomic mass is 35.5. The molecule has 4 aromatic carbocycles. The summed E-state index contributed by atoms with van der Waals surface area (Å²) < 4.78 is 11.3. The number of hydrogen-bond donors (Lipinski definition) is 2. The number of amides is 4. The van der Waals surface area contributed by atoms with Crippen molar-refractivity contribution in [2.45, 2.75) is 30.7 Å². The van der Waals surface area contributed by atoms with E-state index in [1.165, 1.54) is 30.2 Å². The first-order chi connectivity index (χ1) is 25.6. The Hall–Kier alpha value is -5.32. The molecule has 0 bridgehead atoms. The monoisotopic (exact) mass is 751 g/mol. The second-order valence-electron chi connectivity index (χ2n) is 13.9. The first kappa shape index (κ1) is 34.7. The number of aromatic hydroxyl groups is 1. The van der Waals surface area contributed by atoms with Crippen LogP contribution in [0.15, 0.2) is 103 Å². The molecule has 270 valence electrons. The molecule has 0 aromatic heterocycles. The zero-order chi connectivity index (χ0) is 37.2. The fourth-order valence-electron chi connectivity index (χ4n) is 9.11. The van der Waals surface area contributed by atoms with Gasteiger partial charge in [-0.1, -0.05) is 83.4 Å². The van der Waals surface area contributed by atoms with E-state index in [-0.39, 0.29) is 42.0 Å². The summed E-state index contributed by atoms with van der Waals surface area (Å²) in [6.07, 6.45) is 2.37. The summed E-state index contributed by atoms with van der Waals surface area (Å²) in [4.78, 5) is 60.1. The van der Waals surface area contributed by atoms with Crippen molar-refractivity contribution in [2.75, 3.05) is 19.6 Å². The van der Waals surface area contributed by atoms with Gasteiger partial charge >= 0.3 is 0 Å². The minimum atomic E-state index is -1.57. The molecule has 10 nitrogen and oxygen atoms in total. The van der Waals surface area contributed by atoms with Crippen molar-refractivity contribution in [1.29, 1.82) is 0 Å². The number of benzene rings is 4. The van der Waals surface area contributed by atoms with Crippen LogP contribution in [0.5, 0.6) is 17.2 Å². The zero-order valence-corrected chi connectivity index (χ0v) is 30.3. The summed E-state index contributed by atoms with van der Waals surface area (Å²) in [6.45, 7) is 0.138. The average Bonchev–Trinajstić information content (AvgIpc) is 3.53. The van der Waals surface area contributed by atoms with Crippen LogP contribution in [-0.2, 0) is 31.1 Å². The Balaban J connectivity index is 1.33. The van der Waals surface area contributed by atoms with E-state index in [9.17, 15) is 19.5 Å². The lowest BCUT2D eigenvalue weighted by molar-refractivity contribution is -0.142. The fourth-order valence-corrected chi connectivity index (χ4v) is 9.56. The number of hydrogen-bond acceptors (Lipinski definition) is 8. The van der Waals surface area contributed by atoms with E-state index < -0.39 is 46.8 Å². The predicted octanol–water partition coefficient (Wildman–Crippen LogP) is 6.90. The van der Waals surface area contributed by atoms with Crippen LogP contribution in [0, 0.1) is 23.7 Å². The molecule has 4 aromatic rings. The van der Waals surface area contributed by atoms with Crippen LogP contribution in [0.3, 0.4) is 0 Å². The van der Waals surface area contributed by atoms with Gasteiger partial charge < -0.3 is 14.6 Å². The van der Waals surface area contributed by atoms with Crippen LogP contribution in [0.25, 0.3) is 0 Å². The van der Waals surface area contributed by atoms with Crippen molar-refractivity contribution in [2.24, 2.45) is 23.7 Å². The SMILES string of the molecule is COc1ccc(C23C(=O)N(Nc4ccc(Cl)cc4Cl)C(=O)C2CC2C(=CCC4C(=O)N(Cc5ccccc5)C(=O)C42)C3c2ccc(O)cc2OC)cc1. The molecule has 6 unspecified atom stereocenters. The number of imide groups is 2. The highest BCUT2D eigenvalue weighted by Gasteiger charge is 2.70. The van der Waals surface area contributed by atoms with Gasteiger partial charge in [0.2, 0.25) is 11.8 Å². The average molecular weight is 753 g/mol. The lowest BCUT2D eigenvalue weighted by Gasteiger charge is -2.50. The molecule has 2 aliphatic carbocycles. The third-order valence-corrected chi connectivity index (χ3v) is 11.9. The topological polar surface area (TPSA) is 125 Å². The highest BCUT2D eigenvalue weighted by molar-refractivity contribution is 6.36. The molecule has 6 atom stereocenters. The Morgan fingerprint density at radius 1 is 0.849 bits per heavy atom. The zero-order valence-electron chi connectivity index (χ0n) is 28.8. The van der Waals surface area contributed by atoms with Gasteiger partial charge in [-0.2, -0.15) is 5.01 Å². The summed E-state index contributed by atoms with van der Waals surface area (Å²) in [5, 5.41) is 12.2. The molecule has 4 amide bonds. The smallest absolute Gasteiger partial charge is 0.260 e. The number of allylic oxidation sites excluding steroid dienone is 2. The van der Waals surface area contributed by atoms with Crippen molar-refractivity contribution >= 4 is 52.5 Å². The Morgan fingerprint density at radius 3 is 2.30 bits per heavy atom. The number of methoxy groups -OCH3 is 2. The maximum absolute atomic E-state index is 15.4. The fraction of sp³-hybridized carbons (Fsp3) is 0.268. The number of nitrogens with one attached hydrogen (secondary N) is 1. The number of ether oxygens (including phenoxy) is 2. The minimum Gasteiger partial charge on any atom is -0.508 e. The molecule has 1 saturated carbocycles. The molecule has 0 spiro atoms. The molecule has 12 heteroatoms. The van der Waals surface area contributed by atoms with Crippen LogP contribution >= 0.6 is 23.2 Å². The van der Waals surface area contributed by atoms with Crippen LogP contribution in [0.1, 0.15) is 35.4 Å². The molecule has 3 fully saturated rings. The van der Waals surface area contributed by atoms with Crippen LogP contribution in [0.4, 0.5) is 5.69 Å². The lowest BCUT2D eigenvalue weighted by atomic mass is 9.49. The second kappa shape index (κ2) is 13.3. The van der Waals surface area contributed by atoms with Gasteiger partial charge in [0.25, 0.3) is 11.8 Å². The number of halogens is 2. The van der Waals surface area contributed by atoms with Crippen LogP contribution < -0.4 is 14.9 Å². The Bertz CT molecular complexity index is 2190. The number of phenolic OH excluding ortho intramolecular Hbond substituents is 1. The van der Waals surface area contributed by atoms with Crippen LogP contribution in [0.2, 0.25) is 10.0 Å². The highest BCUT2D eigenvalue weighted by Crippen LogP contribution is 2.65. The Labute approximate surface area is 315 Å². The second-order valence-corrected chi connectivity index (χ2v) is 14.7. The predicted molar refractivity (Wildman–Crippen MR) is 197 cm³/mol. The number of carbonyl (C=O) groups excluding carboxylic acids is 4. The molecule has 2 heterocycles. The third-order valence-electron chi connectivity index (χ3n) is 11.4. The van der Waals surface area contributed by atoms with Gasteiger partial charge in [0, 0.05) is 22.6 Å². The maximum atomic E-state index is 15.4. The first-order valence-electron chi connectivity index (χ1n) is 17.3. The normalized spacial score (nSPS) is 26.2. The van der Waals surface area contributed by atoms with Gasteiger partial charge in [-0.05, 0) is 66.3 Å². The van der Waals surface area contributed by atoms with Crippen molar-refractivity contribution in [3.05, 3.63) is 129 Å². The Morgan fingerprint density at radius 2 is 1.60 bits per heavy atom. The molecule has 4 aliphatic rings. The molecule has 2 N–H and O–H groups in total. The van der Waals surface area contributed by atoms with E-state index in [4.69, 9.17) is 32.7 Å². The van der Waals surface area contributed by atoms with E-state index in [0.29, 0.717) is 33.3 Å². The van der Waals surface area contributed by atoms with E-state index in [1.807, 2.05) is 36.4 Å². The summed E-state index contributed by atoms with van der Waals surface area (Å²) in [6, 6.07) is 25.8. The van der Waals surface area contributed by atoms with Gasteiger partial charge in [-0.25, -0.2) is 0 Å². The molecule has 8 rings (SSSR count). The van der Waals surface area contributed by atoms with E-state index in [0.717, 1.165) is 16.1 Å². The number of nitrogens with zero attached hydrogens (tertiary/aromatic N) is 2. The number of phenols is 1. The number of fused-ring (bicyclic) bond motifs is 4.